The van der Waals surface area contributed by atoms with Crippen LogP contribution in [-0.2, 0) is 9.84 Å². The highest BCUT2D eigenvalue weighted by Crippen LogP contribution is 2.28. The van der Waals surface area contributed by atoms with E-state index in [0.29, 0.717) is 24.8 Å². The third-order valence-corrected chi connectivity index (χ3v) is 6.11. The summed E-state index contributed by atoms with van der Waals surface area (Å²) in [4.78, 5) is 10.9. The van der Waals surface area contributed by atoms with Gasteiger partial charge in [-0.1, -0.05) is 12.1 Å². The highest BCUT2D eigenvalue weighted by Gasteiger charge is 2.31. The maximum atomic E-state index is 11.8. The van der Waals surface area contributed by atoms with E-state index < -0.39 is 9.84 Å². The van der Waals surface area contributed by atoms with E-state index in [2.05, 4.69) is 15.3 Å². The van der Waals surface area contributed by atoms with Gasteiger partial charge in [-0.3, -0.25) is 0 Å². The Kier molecular flexibility index (Phi) is 5.31. The van der Waals surface area contributed by atoms with Crippen LogP contribution in [0.5, 0.6) is 5.75 Å². The number of rotatable bonds is 6. The summed E-state index contributed by atoms with van der Waals surface area (Å²) in [6.07, 6.45) is 0.603. The molecule has 1 atom stereocenters. The average molecular weight is 376 g/mol. The number of hydrogen-bond acceptors (Lipinski definition) is 7. The number of para-hydroxylation sites is 2. The van der Waals surface area contributed by atoms with Crippen LogP contribution in [0.4, 0.5) is 17.5 Å². The standard InChI is InChI=1S/C18H24N4O3S/c1-4-25-16-8-6-5-7-15(16)20-17-11-13(2)19-18(21-17)22(3)14-9-10-26(23,24)12-14/h5-8,11,14H,4,9-10,12H2,1-3H3,(H,19,20,21). The van der Waals surface area contributed by atoms with Gasteiger partial charge in [0, 0.05) is 24.8 Å². The lowest BCUT2D eigenvalue weighted by molar-refractivity contribution is 0.342. The number of hydrogen-bond donors (Lipinski definition) is 1. The Balaban J connectivity index is 1.84. The average Bonchev–Trinajstić information content (AvgIpc) is 2.95. The van der Waals surface area contributed by atoms with Gasteiger partial charge in [-0.15, -0.1) is 0 Å². The van der Waals surface area contributed by atoms with E-state index in [-0.39, 0.29) is 17.5 Å². The molecule has 0 saturated carbocycles. The van der Waals surface area contributed by atoms with Crippen molar-refractivity contribution in [2.45, 2.75) is 26.3 Å². The zero-order valence-corrected chi connectivity index (χ0v) is 16.1. The van der Waals surface area contributed by atoms with Gasteiger partial charge in [0.15, 0.2) is 9.84 Å². The molecule has 2 heterocycles. The minimum absolute atomic E-state index is 0.0923. The Morgan fingerprint density at radius 1 is 1.31 bits per heavy atom. The van der Waals surface area contributed by atoms with Gasteiger partial charge >= 0.3 is 0 Å². The monoisotopic (exact) mass is 376 g/mol. The number of aryl methyl sites for hydroxylation is 1. The van der Waals surface area contributed by atoms with Crippen LogP contribution in [0.15, 0.2) is 30.3 Å². The number of ether oxygens (including phenoxy) is 1. The van der Waals surface area contributed by atoms with E-state index in [1.165, 1.54) is 0 Å². The van der Waals surface area contributed by atoms with Crippen molar-refractivity contribution in [2.75, 3.05) is 35.4 Å². The van der Waals surface area contributed by atoms with E-state index in [1.807, 2.05) is 56.1 Å². The fraction of sp³-hybridized carbons (Fsp3) is 0.444. The first-order chi connectivity index (χ1) is 12.4. The first-order valence-electron chi connectivity index (χ1n) is 8.66. The Morgan fingerprint density at radius 3 is 2.77 bits per heavy atom. The molecule has 7 nitrogen and oxygen atoms in total. The van der Waals surface area contributed by atoms with Crippen LogP contribution in [-0.4, -0.2) is 49.6 Å². The number of benzene rings is 1. The molecule has 0 spiro atoms. The molecule has 8 heteroatoms. The summed E-state index contributed by atoms with van der Waals surface area (Å²) in [6, 6.07) is 9.43. The molecule has 0 amide bonds. The summed E-state index contributed by atoms with van der Waals surface area (Å²) in [5.74, 6) is 2.29. The Morgan fingerprint density at radius 2 is 2.08 bits per heavy atom. The minimum Gasteiger partial charge on any atom is -0.492 e. The summed E-state index contributed by atoms with van der Waals surface area (Å²) in [7, 11) is -1.11. The van der Waals surface area contributed by atoms with Crippen molar-refractivity contribution in [1.82, 2.24) is 9.97 Å². The van der Waals surface area contributed by atoms with Gasteiger partial charge < -0.3 is 15.0 Å². The van der Waals surface area contributed by atoms with Crippen LogP contribution in [0, 0.1) is 6.92 Å². The highest BCUT2D eigenvalue weighted by atomic mass is 32.2. The van der Waals surface area contributed by atoms with Gasteiger partial charge in [0.05, 0.1) is 23.8 Å². The van der Waals surface area contributed by atoms with Gasteiger partial charge in [0.25, 0.3) is 0 Å². The van der Waals surface area contributed by atoms with Crippen LogP contribution in [0.3, 0.4) is 0 Å². The molecule has 1 aromatic carbocycles. The third-order valence-electron chi connectivity index (χ3n) is 4.36. The van der Waals surface area contributed by atoms with E-state index in [4.69, 9.17) is 4.74 Å². The van der Waals surface area contributed by atoms with Crippen LogP contribution in [0.2, 0.25) is 0 Å². The highest BCUT2D eigenvalue weighted by molar-refractivity contribution is 7.91. The molecule has 140 valence electrons. The molecular formula is C18H24N4O3S. The second-order valence-electron chi connectivity index (χ2n) is 6.42. The molecule has 2 aromatic rings. The molecule has 0 bridgehead atoms. The van der Waals surface area contributed by atoms with Crippen LogP contribution < -0.4 is 15.0 Å². The maximum Gasteiger partial charge on any atom is 0.227 e. The Hall–Kier alpha value is -2.35. The largest absolute Gasteiger partial charge is 0.492 e. The lowest BCUT2D eigenvalue weighted by atomic mass is 10.2. The van der Waals surface area contributed by atoms with Crippen molar-refractivity contribution in [2.24, 2.45) is 0 Å². The number of aromatic nitrogens is 2. The van der Waals surface area contributed by atoms with Gasteiger partial charge in [-0.2, -0.15) is 4.98 Å². The molecule has 1 aromatic heterocycles. The topological polar surface area (TPSA) is 84.4 Å². The quantitative estimate of drug-likeness (QED) is 0.829. The van der Waals surface area contributed by atoms with Gasteiger partial charge in [0.1, 0.15) is 11.6 Å². The summed E-state index contributed by atoms with van der Waals surface area (Å²) >= 11 is 0. The predicted octanol–water partition coefficient (Wildman–Crippen LogP) is 2.55. The Bertz CT molecular complexity index is 886. The Labute approximate surface area is 154 Å². The lowest BCUT2D eigenvalue weighted by Crippen LogP contribution is -2.34. The minimum atomic E-state index is -2.96. The second-order valence-corrected chi connectivity index (χ2v) is 8.65. The third kappa shape index (κ3) is 4.24. The fourth-order valence-electron chi connectivity index (χ4n) is 3.01. The van der Waals surface area contributed by atoms with Crippen molar-refractivity contribution in [3.8, 4) is 5.75 Å². The van der Waals surface area contributed by atoms with Crippen molar-refractivity contribution < 1.29 is 13.2 Å². The molecule has 1 unspecified atom stereocenters. The molecule has 1 aliphatic heterocycles. The van der Waals surface area contributed by atoms with E-state index >= 15 is 0 Å². The van der Waals surface area contributed by atoms with E-state index in [0.717, 1.165) is 17.1 Å². The van der Waals surface area contributed by atoms with Crippen LogP contribution in [0.1, 0.15) is 19.0 Å². The molecule has 1 saturated heterocycles. The normalized spacial score (nSPS) is 18.5. The van der Waals surface area contributed by atoms with Crippen LogP contribution >= 0.6 is 0 Å². The van der Waals surface area contributed by atoms with E-state index in [9.17, 15) is 8.42 Å². The van der Waals surface area contributed by atoms with Gasteiger partial charge in [0.2, 0.25) is 5.95 Å². The van der Waals surface area contributed by atoms with E-state index in [1.54, 1.807) is 0 Å². The molecule has 26 heavy (non-hydrogen) atoms. The number of nitrogens with one attached hydrogen (secondary N) is 1. The molecule has 1 aliphatic rings. The van der Waals surface area contributed by atoms with Crippen molar-refractivity contribution >= 4 is 27.3 Å². The summed E-state index contributed by atoms with van der Waals surface area (Å²) in [5, 5.41) is 3.28. The summed E-state index contributed by atoms with van der Waals surface area (Å²) in [6.45, 7) is 4.41. The zero-order valence-electron chi connectivity index (χ0n) is 15.3. The molecule has 0 radical (unpaired) electrons. The summed E-state index contributed by atoms with van der Waals surface area (Å²) in [5.41, 5.74) is 1.63. The second kappa shape index (κ2) is 7.49. The first-order valence-corrected chi connectivity index (χ1v) is 10.5. The number of nitrogens with zero attached hydrogens (tertiary/aromatic N) is 3. The molecule has 1 N–H and O–H groups in total. The van der Waals surface area contributed by atoms with Gasteiger partial charge in [-0.25, -0.2) is 13.4 Å². The van der Waals surface area contributed by atoms with Crippen molar-refractivity contribution in [1.29, 1.82) is 0 Å². The molecular weight excluding hydrogens is 352 g/mol. The predicted molar refractivity (Wildman–Crippen MR) is 103 cm³/mol. The van der Waals surface area contributed by atoms with Gasteiger partial charge in [-0.05, 0) is 32.4 Å². The fourth-order valence-corrected chi connectivity index (χ4v) is 4.78. The smallest absolute Gasteiger partial charge is 0.227 e. The number of sulfone groups is 1. The van der Waals surface area contributed by atoms with Crippen molar-refractivity contribution in [3.63, 3.8) is 0 Å². The molecule has 0 aliphatic carbocycles. The SMILES string of the molecule is CCOc1ccccc1Nc1cc(C)nc(N(C)C2CCS(=O)(=O)C2)n1. The van der Waals surface area contributed by atoms with Crippen molar-refractivity contribution in [3.05, 3.63) is 36.0 Å². The summed E-state index contributed by atoms with van der Waals surface area (Å²) < 4.78 is 29.2. The van der Waals surface area contributed by atoms with Crippen LogP contribution in [0.25, 0.3) is 0 Å². The zero-order chi connectivity index (χ0) is 18.7. The molecule has 1 fully saturated rings. The molecule has 3 rings (SSSR count). The first kappa shape index (κ1) is 18.4. The lowest BCUT2D eigenvalue weighted by Gasteiger charge is -2.24. The maximum absolute atomic E-state index is 11.8. The number of anilines is 3.